The van der Waals surface area contributed by atoms with Gasteiger partial charge in [0.15, 0.2) is 0 Å². The smallest absolute Gasteiger partial charge is 0.320 e. The molecule has 6 nitrogen and oxygen atoms in total. The number of carbonyl (C=O) groups excluding carboxylic acids is 1. The summed E-state index contributed by atoms with van der Waals surface area (Å²) in [6.45, 7) is 0.637. The molecule has 0 radical (unpaired) electrons. The topological polar surface area (TPSA) is 71.8 Å². The molecule has 1 aliphatic carbocycles. The van der Waals surface area contributed by atoms with Gasteiger partial charge in [0.2, 0.25) is 0 Å². The van der Waals surface area contributed by atoms with Gasteiger partial charge in [0, 0.05) is 25.0 Å². The van der Waals surface area contributed by atoms with Gasteiger partial charge in [-0.15, -0.1) is 0 Å². The van der Waals surface area contributed by atoms with Gasteiger partial charge in [-0.1, -0.05) is 18.9 Å². The molecule has 122 valence electrons. The largest absolute Gasteiger partial charge is 0.338 e. The first-order valence-corrected chi connectivity index (χ1v) is 8.30. The van der Waals surface area contributed by atoms with Crippen molar-refractivity contribution in [3.05, 3.63) is 42.4 Å². The molecular formula is C17H23N5O. The monoisotopic (exact) mass is 313 g/mol. The van der Waals surface area contributed by atoms with E-state index >= 15 is 0 Å². The molecule has 0 unspecified atom stereocenters. The van der Waals surface area contributed by atoms with Crippen molar-refractivity contribution in [1.82, 2.24) is 20.1 Å². The lowest BCUT2D eigenvalue weighted by Crippen LogP contribution is -2.31. The van der Waals surface area contributed by atoms with Gasteiger partial charge in [-0.3, -0.25) is 10.3 Å². The van der Waals surface area contributed by atoms with Crippen LogP contribution in [0.25, 0.3) is 0 Å². The molecule has 2 aromatic rings. The Labute approximate surface area is 136 Å². The second-order valence-corrected chi connectivity index (χ2v) is 5.95. The van der Waals surface area contributed by atoms with Crippen molar-refractivity contribution in [3.63, 3.8) is 0 Å². The van der Waals surface area contributed by atoms with E-state index in [1.807, 2.05) is 29.1 Å². The third-order valence-corrected chi connectivity index (χ3v) is 4.23. The van der Waals surface area contributed by atoms with Crippen molar-refractivity contribution in [3.8, 4) is 0 Å². The predicted octanol–water partition coefficient (Wildman–Crippen LogP) is 3.15. The standard InChI is InChI=1S/C17H23N5O/c23-17(19-11-4-6-14-5-3-10-18-13-14)21-16-9-12-20-22(16)15-7-1-2-8-15/h3,5,9-10,12-13,15H,1-2,4,6-8,11H2,(H2,19,21,23). The molecule has 2 N–H and O–H groups in total. The Morgan fingerprint density at radius 3 is 2.91 bits per heavy atom. The predicted molar refractivity (Wildman–Crippen MR) is 89.3 cm³/mol. The van der Waals surface area contributed by atoms with E-state index in [9.17, 15) is 4.79 Å². The van der Waals surface area contributed by atoms with Crippen molar-refractivity contribution in [1.29, 1.82) is 0 Å². The van der Waals surface area contributed by atoms with Crippen molar-refractivity contribution in [2.75, 3.05) is 11.9 Å². The number of hydrogen-bond acceptors (Lipinski definition) is 3. The highest BCUT2D eigenvalue weighted by Crippen LogP contribution is 2.31. The number of carbonyl (C=O) groups is 1. The van der Waals surface area contributed by atoms with Crippen LogP contribution in [-0.2, 0) is 6.42 Å². The highest BCUT2D eigenvalue weighted by molar-refractivity contribution is 5.88. The number of nitrogens with one attached hydrogen (secondary N) is 2. The van der Waals surface area contributed by atoms with Gasteiger partial charge in [-0.2, -0.15) is 5.10 Å². The molecule has 0 bridgehead atoms. The number of pyridine rings is 1. The molecule has 1 fully saturated rings. The Hall–Kier alpha value is -2.37. The second kappa shape index (κ2) is 7.76. The van der Waals surface area contributed by atoms with Crippen LogP contribution in [0.15, 0.2) is 36.8 Å². The molecule has 3 rings (SSSR count). The Balaban J connectivity index is 1.42. The lowest BCUT2D eigenvalue weighted by atomic mass is 10.1. The second-order valence-electron chi connectivity index (χ2n) is 5.95. The van der Waals surface area contributed by atoms with Crippen LogP contribution in [0.1, 0.15) is 43.7 Å². The van der Waals surface area contributed by atoms with Gasteiger partial charge in [0.05, 0.1) is 12.2 Å². The number of amides is 2. The van der Waals surface area contributed by atoms with Crippen molar-refractivity contribution in [2.45, 2.75) is 44.6 Å². The minimum Gasteiger partial charge on any atom is -0.338 e. The number of anilines is 1. The van der Waals surface area contributed by atoms with E-state index in [2.05, 4.69) is 20.7 Å². The van der Waals surface area contributed by atoms with Crippen LogP contribution < -0.4 is 10.6 Å². The van der Waals surface area contributed by atoms with E-state index in [0.717, 1.165) is 31.5 Å². The van der Waals surface area contributed by atoms with E-state index in [-0.39, 0.29) is 6.03 Å². The lowest BCUT2D eigenvalue weighted by Gasteiger charge is -2.15. The molecule has 0 aromatic carbocycles. The van der Waals surface area contributed by atoms with Gasteiger partial charge in [-0.25, -0.2) is 9.48 Å². The molecule has 6 heteroatoms. The van der Waals surface area contributed by atoms with Gasteiger partial charge < -0.3 is 5.32 Å². The summed E-state index contributed by atoms with van der Waals surface area (Å²) >= 11 is 0. The summed E-state index contributed by atoms with van der Waals surface area (Å²) in [7, 11) is 0. The van der Waals surface area contributed by atoms with Crippen LogP contribution in [-0.4, -0.2) is 27.3 Å². The summed E-state index contributed by atoms with van der Waals surface area (Å²) in [5.74, 6) is 0.779. The molecule has 2 heterocycles. The SMILES string of the molecule is O=C(NCCCc1cccnc1)Nc1ccnn1C1CCCC1. The van der Waals surface area contributed by atoms with Crippen LogP contribution in [0.4, 0.5) is 10.6 Å². The summed E-state index contributed by atoms with van der Waals surface area (Å²) in [5.41, 5.74) is 1.19. The van der Waals surface area contributed by atoms with E-state index < -0.39 is 0 Å². The third kappa shape index (κ3) is 4.31. The van der Waals surface area contributed by atoms with Crippen LogP contribution in [0.3, 0.4) is 0 Å². The molecule has 0 spiro atoms. The minimum absolute atomic E-state index is 0.170. The first-order valence-electron chi connectivity index (χ1n) is 8.30. The van der Waals surface area contributed by atoms with Crippen LogP contribution in [0, 0.1) is 0 Å². The van der Waals surface area contributed by atoms with Crippen LogP contribution in [0.5, 0.6) is 0 Å². The molecule has 1 saturated carbocycles. The zero-order valence-corrected chi connectivity index (χ0v) is 13.2. The molecule has 2 aromatic heterocycles. The van der Waals surface area contributed by atoms with Crippen molar-refractivity contribution in [2.24, 2.45) is 0 Å². The van der Waals surface area contributed by atoms with Gasteiger partial charge in [-0.05, 0) is 37.3 Å². The molecule has 0 atom stereocenters. The fourth-order valence-corrected chi connectivity index (χ4v) is 3.05. The number of aromatic nitrogens is 3. The highest BCUT2D eigenvalue weighted by atomic mass is 16.2. The summed E-state index contributed by atoms with van der Waals surface area (Å²) in [6.07, 6.45) is 11.9. The maximum atomic E-state index is 12.0. The number of urea groups is 1. The molecule has 23 heavy (non-hydrogen) atoms. The normalized spacial score (nSPS) is 14.8. The van der Waals surface area contributed by atoms with E-state index in [1.165, 1.54) is 18.4 Å². The van der Waals surface area contributed by atoms with Crippen molar-refractivity contribution < 1.29 is 4.79 Å². The molecule has 0 saturated heterocycles. The first kappa shape index (κ1) is 15.5. The number of nitrogens with zero attached hydrogens (tertiary/aromatic N) is 3. The van der Waals surface area contributed by atoms with Crippen LogP contribution in [0.2, 0.25) is 0 Å². The Kier molecular flexibility index (Phi) is 5.24. The van der Waals surface area contributed by atoms with E-state index in [0.29, 0.717) is 12.6 Å². The number of aryl methyl sites for hydroxylation is 1. The molecular weight excluding hydrogens is 290 g/mol. The fraction of sp³-hybridized carbons (Fsp3) is 0.471. The average Bonchev–Trinajstić information content (AvgIpc) is 3.23. The quantitative estimate of drug-likeness (QED) is 0.805. The third-order valence-electron chi connectivity index (χ3n) is 4.23. The molecule has 2 amide bonds. The highest BCUT2D eigenvalue weighted by Gasteiger charge is 2.20. The lowest BCUT2D eigenvalue weighted by molar-refractivity contribution is 0.251. The van der Waals surface area contributed by atoms with Gasteiger partial charge in [0.25, 0.3) is 0 Å². The average molecular weight is 313 g/mol. The van der Waals surface area contributed by atoms with E-state index in [4.69, 9.17) is 0 Å². The fourth-order valence-electron chi connectivity index (χ4n) is 3.05. The zero-order valence-electron chi connectivity index (χ0n) is 13.2. The first-order chi connectivity index (χ1) is 11.3. The van der Waals surface area contributed by atoms with Gasteiger partial charge >= 0.3 is 6.03 Å². The zero-order chi connectivity index (χ0) is 15.9. The summed E-state index contributed by atoms with van der Waals surface area (Å²) < 4.78 is 1.95. The van der Waals surface area contributed by atoms with E-state index in [1.54, 1.807) is 12.4 Å². The summed E-state index contributed by atoms with van der Waals surface area (Å²) in [5, 5.41) is 10.2. The minimum atomic E-state index is -0.170. The Morgan fingerprint density at radius 2 is 2.13 bits per heavy atom. The summed E-state index contributed by atoms with van der Waals surface area (Å²) in [4.78, 5) is 16.1. The maximum Gasteiger partial charge on any atom is 0.320 e. The molecule has 1 aliphatic rings. The van der Waals surface area contributed by atoms with Crippen molar-refractivity contribution >= 4 is 11.8 Å². The molecule has 0 aliphatic heterocycles. The van der Waals surface area contributed by atoms with Crippen LogP contribution >= 0.6 is 0 Å². The van der Waals surface area contributed by atoms with Gasteiger partial charge in [0.1, 0.15) is 5.82 Å². The number of rotatable bonds is 6. The number of hydrogen-bond donors (Lipinski definition) is 2. The maximum absolute atomic E-state index is 12.0. The summed E-state index contributed by atoms with van der Waals surface area (Å²) in [6, 6.07) is 6.09. The Morgan fingerprint density at radius 1 is 1.26 bits per heavy atom. The Bertz CT molecular complexity index is 619.